The van der Waals surface area contributed by atoms with Crippen molar-refractivity contribution < 1.29 is 15.0 Å². The molecule has 10 atom stereocenters. The molecule has 0 bridgehead atoms. The molecule has 5 aliphatic rings. The number of aryl methyl sites for hydroxylation is 1. The quantitative estimate of drug-likeness (QED) is 0.458. The Kier molecular flexibility index (Phi) is 6.42. The summed E-state index contributed by atoms with van der Waals surface area (Å²) in [5.41, 5.74) is 3.84. The second-order valence-electron chi connectivity index (χ2n) is 14.1. The Balaban J connectivity index is 1.13. The summed E-state index contributed by atoms with van der Waals surface area (Å²) in [6.45, 7) is 10.1. The van der Waals surface area contributed by atoms with Crippen LogP contribution in [0.4, 0.5) is 11.4 Å². The van der Waals surface area contributed by atoms with Gasteiger partial charge in [-0.2, -0.15) is 0 Å². The van der Waals surface area contributed by atoms with Crippen LogP contribution in [0, 0.1) is 53.3 Å². The van der Waals surface area contributed by atoms with Crippen LogP contribution in [0.5, 0.6) is 0 Å². The molecule has 1 aromatic carbocycles. The van der Waals surface area contributed by atoms with Gasteiger partial charge in [-0.3, -0.25) is 9.69 Å². The van der Waals surface area contributed by atoms with Crippen LogP contribution in [0.3, 0.4) is 0 Å². The maximum atomic E-state index is 13.2. The van der Waals surface area contributed by atoms with Crippen molar-refractivity contribution in [2.45, 2.75) is 104 Å². The summed E-state index contributed by atoms with van der Waals surface area (Å²) in [5.74, 6) is 3.42. The number of hydrogen-bond donors (Lipinski definition) is 3. The molecule has 6 rings (SSSR count). The highest BCUT2D eigenvalue weighted by atomic mass is 16.3. The number of anilines is 2. The van der Waals surface area contributed by atoms with Gasteiger partial charge < -0.3 is 15.5 Å². The van der Waals surface area contributed by atoms with Crippen molar-refractivity contribution in [1.82, 2.24) is 0 Å². The van der Waals surface area contributed by atoms with Crippen LogP contribution in [0.1, 0.15) is 90.5 Å². The fraction of sp³-hybridized carbons (Fsp3) is 0.781. The summed E-state index contributed by atoms with van der Waals surface area (Å²) < 4.78 is 0. The minimum atomic E-state index is -0.222. The van der Waals surface area contributed by atoms with E-state index in [9.17, 15) is 15.0 Å². The van der Waals surface area contributed by atoms with Crippen molar-refractivity contribution in [3.63, 3.8) is 0 Å². The average Bonchev–Trinajstić information content (AvgIpc) is 3.44. The summed E-state index contributed by atoms with van der Waals surface area (Å²) in [6, 6.07) is 6.28. The first kappa shape index (κ1) is 25.7. The monoisotopic (exact) mass is 508 g/mol. The number of nitrogens with zero attached hydrogens (tertiary/aromatic N) is 1. The molecule has 1 heterocycles. The van der Waals surface area contributed by atoms with E-state index in [-0.39, 0.29) is 28.9 Å². The molecule has 5 heteroatoms. The second kappa shape index (κ2) is 9.26. The lowest BCUT2D eigenvalue weighted by Gasteiger charge is -2.62. The van der Waals surface area contributed by atoms with Crippen LogP contribution < -0.4 is 10.2 Å². The number of carbonyl (C=O) groups is 1. The predicted octanol–water partition coefficient (Wildman–Crippen LogP) is 6.12. The van der Waals surface area contributed by atoms with Crippen molar-refractivity contribution in [2.75, 3.05) is 16.9 Å². The van der Waals surface area contributed by atoms with E-state index in [4.69, 9.17) is 0 Å². The smallest absolute Gasteiger partial charge is 0.228 e. The van der Waals surface area contributed by atoms with Gasteiger partial charge in [0.25, 0.3) is 0 Å². The van der Waals surface area contributed by atoms with E-state index in [1.807, 2.05) is 4.90 Å². The molecule has 1 amide bonds. The molecule has 204 valence electrons. The molecule has 0 spiro atoms. The van der Waals surface area contributed by atoms with Crippen molar-refractivity contribution in [3.05, 3.63) is 23.8 Å². The molecule has 0 saturated heterocycles. The number of amides is 1. The zero-order valence-corrected chi connectivity index (χ0v) is 23.4. The lowest BCUT2D eigenvalue weighted by atomic mass is 9.43. The van der Waals surface area contributed by atoms with E-state index in [0.29, 0.717) is 48.6 Å². The van der Waals surface area contributed by atoms with Gasteiger partial charge in [0.15, 0.2) is 0 Å². The predicted molar refractivity (Wildman–Crippen MR) is 148 cm³/mol. The maximum Gasteiger partial charge on any atom is 0.228 e. The molecule has 4 fully saturated rings. The normalized spacial score (nSPS) is 43.3. The summed E-state index contributed by atoms with van der Waals surface area (Å²) >= 11 is 0. The number of fused-ring (bicyclic) bond motifs is 6. The SMILES string of the molecule is Cc1ccc2c(c1)NCN2C(=O)CC[C@@H](C)[C@H]1CC[C@H]2[C@@H]3[C@@H](O)C[C@@H]4C[C@H](O)CC[C@]4(C)[C@H]3CC[C@]12C. The van der Waals surface area contributed by atoms with Crippen LogP contribution in [0.2, 0.25) is 0 Å². The number of carbonyl (C=O) groups excluding carboxylic acids is 1. The van der Waals surface area contributed by atoms with E-state index < -0.39 is 0 Å². The zero-order valence-electron chi connectivity index (χ0n) is 23.4. The minimum Gasteiger partial charge on any atom is -0.393 e. The number of benzene rings is 1. The average molecular weight is 509 g/mol. The first-order valence-corrected chi connectivity index (χ1v) is 15.1. The van der Waals surface area contributed by atoms with Crippen molar-refractivity contribution in [2.24, 2.45) is 46.3 Å². The van der Waals surface area contributed by atoms with E-state index in [0.717, 1.165) is 43.5 Å². The van der Waals surface area contributed by atoms with Crippen LogP contribution in [-0.2, 0) is 4.79 Å². The van der Waals surface area contributed by atoms with Gasteiger partial charge >= 0.3 is 0 Å². The third-order valence-electron chi connectivity index (χ3n) is 12.4. The lowest BCUT2D eigenvalue weighted by Crippen LogP contribution is -2.58. The Morgan fingerprint density at radius 2 is 1.84 bits per heavy atom. The Hall–Kier alpha value is -1.59. The molecule has 4 saturated carbocycles. The number of nitrogens with one attached hydrogen (secondary N) is 1. The van der Waals surface area contributed by atoms with Crippen LogP contribution >= 0.6 is 0 Å². The van der Waals surface area contributed by atoms with Crippen LogP contribution in [0.15, 0.2) is 18.2 Å². The zero-order chi connectivity index (χ0) is 26.1. The molecule has 0 aromatic heterocycles. The van der Waals surface area contributed by atoms with E-state index >= 15 is 0 Å². The Morgan fingerprint density at radius 1 is 1.08 bits per heavy atom. The molecule has 4 aliphatic carbocycles. The third-order valence-corrected chi connectivity index (χ3v) is 12.4. The van der Waals surface area contributed by atoms with Gasteiger partial charge in [0.05, 0.1) is 30.3 Å². The highest BCUT2D eigenvalue weighted by Gasteiger charge is 2.62. The standard InChI is InChI=1S/C32H48N2O3/c1-19-5-9-27-26(15-19)33-18-34(27)29(37)10-6-20(2)23-7-8-24-30-25(12-14-32(23,24)4)31(3)13-11-22(35)16-21(31)17-28(30)36/h5,9,15,20-25,28,30,33,35-36H,6-8,10-14,16-18H2,1-4H3/t20-,21+,22-,23-,24+,25+,28+,30+,31+,32-/m1/s1. The van der Waals surface area contributed by atoms with Gasteiger partial charge in [-0.05, 0) is 129 Å². The Bertz CT molecular complexity index is 1040. The fourth-order valence-corrected chi connectivity index (χ4v) is 10.4. The van der Waals surface area contributed by atoms with Crippen molar-refractivity contribution in [3.8, 4) is 0 Å². The first-order chi connectivity index (χ1) is 17.6. The summed E-state index contributed by atoms with van der Waals surface area (Å²) in [6.07, 6.45) is 9.88. The van der Waals surface area contributed by atoms with Crippen molar-refractivity contribution in [1.29, 1.82) is 0 Å². The second-order valence-corrected chi connectivity index (χ2v) is 14.1. The Labute approximate surface area is 223 Å². The summed E-state index contributed by atoms with van der Waals surface area (Å²) in [4.78, 5) is 15.2. The van der Waals surface area contributed by atoms with Gasteiger partial charge in [-0.1, -0.05) is 26.8 Å². The molecular formula is C32H48N2O3. The molecule has 0 radical (unpaired) electrons. The summed E-state index contributed by atoms with van der Waals surface area (Å²) in [7, 11) is 0. The molecule has 1 aromatic rings. The van der Waals surface area contributed by atoms with Crippen LogP contribution in [0.25, 0.3) is 0 Å². The van der Waals surface area contributed by atoms with Gasteiger partial charge in [0.1, 0.15) is 0 Å². The van der Waals surface area contributed by atoms with Gasteiger partial charge in [0, 0.05) is 6.42 Å². The Morgan fingerprint density at radius 3 is 2.65 bits per heavy atom. The topological polar surface area (TPSA) is 72.8 Å². The van der Waals surface area contributed by atoms with Gasteiger partial charge in [-0.25, -0.2) is 0 Å². The minimum absolute atomic E-state index is 0.177. The number of aliphatic hydroxyl groups is 2. The highest BCUT2D eigenvalue weighted by molar-refractivity contribution is 5.99. The maximum absolute atomic E-state index is 13.2. The fourth-order valence-electron chi connectivity index (χ4n) is 10.4. The molecule has 1 aliphatic heterocycles. The number of rotatable bonds is 4. The molecule has 0 unspecified atom stereocenters. The van der Waals surface area contributed by atoms with Gasteiger partial charge in [0.2, 0.25) is 5.91 Å². The molecule has 3 N–H and O–H groups in total. The number of aliphatic hydroxyl groups excluding tert-OH is 2. The van der Waals surface area contributed by atoms with Crippen molar-refractivity contribution >= 4 is 17.3 Å². The van der Waals surface area contributed by atoms with E-state index in [1.165, 1.54) is 31.2 Å². The third kappa shape index (κ3) is 4.06. The largest absolute Gasteiger partial charge is 0.393 e. The lowest BCUT2D eigenvalue weighted by molar-refractivity contribution is -0.174. The molecule has 37 heavy (non-hydrogen) atoms. The highest BCUT2D eigenvalue weighted by Crippen LogP contribution is 2.68. The van der Waals surface area contributed by atoms with E-state index in [1.54, 1.807) is 0 Å². The van der Waals surface area contributed by atoms with Gasteiger partial charge in [-0.15, -0.1) is 0 Å². The first-order valence-electron chi connectivity index (χ1n) is 15.1. The summed E-state index contributed by atoms with van der Waals surface area (Å²) in [5, 5.41) is 25.2. The number of hydrogen-bond acceptors (Lipinski definition) is 4. The van der Waals surface area contributed by atoms with E-state index in [2.05, 4.69) is 51.2 Å². The van der Waals surface area contributed by atoms with Crippen LogP contribution in [-0.4, -0.2) is 35.0 Å². The molecule has 5 nitrogen and oxygen atoms in total. The molecular weight excluding hydrogens is 460 g/mol.